The van der Waals surface area contributed by atoms with Crippen LogP contribution in [-0.4, -0.2) is 154 Å². The number of unbranched alkanes of at least 4 members (excludes halogenated alkanes) is 1. The molecule has 446 valence electrons. The number of aliphatic hydroxyl groups is 1. The molecule has 0 spiro atoms. The number of aromatic nitrogens is 3. The zero-order valence-electron chi connectivity index (χ0n) is 47.8. The fraction of sp³-hybridized carbons (Fsp3) is 0.443. The summed E-state index contributed by atoms with van der Waals surface area (Å²) in [5.74, 6) is -2.66. The van der Waals surface area contributed by atoms with Gasteiger partial charge in [0.15, 0.2) is 0 Å². The first-order valence-electron chi connectivity index (χ1n) is 28.5. The lowest BCUT2D eigenvalue weighted by Gasteiger charge is -2.35. The highest BCUT2D eigenvalue weighted by atomic mass is 32.1. The maximum Gasteiger partial charge on any atom is 0.417 e. The lowest BCUT2D eigenvalue weighted by molar-refractivity contribution is -0.141. The number of pyridine rings is 1. The van der Waals surface area contributed by atoms with Gasteiger partial charge in [0.1, 0.15) is 17.7 Å². The van der Waals surface area contributed by atoms with Gasteiger partial charge in [-0.05, 0) is 85.7 Å². The van der Waals surface area contributed by atoms with Gasteiger partial charge in [-0.2, -0.15) is 13.2 Å². The predicted octanol–water partition coefficient (Wildman–Crippen LogP) is 7.37. The summed E-state index contributed by atoms with van der Waals surface area (Å²) in [5.41, 5.74) is 5.53. The number of likely N-dealkylation sites (N-methyl/N-ethyl adjacent to an activating group) is 1. The minimum atomic E-state index is -4.93. The van der Waals surface area contributed by atoms with E-state index in [9.17, 15) is 47.0 Å². The van der Waals surface area contributed by atoms with Crippen molar-refractivity contribution in [2.24, 2.45) is 5.92 Å². The molecule has 3 saturated heterocycles. The Balaban J connectivity index is 0.769. The Bertz CT molecular complexity index is 3370. The number of H-pyrrole nitrogens is 1. The highest BCUT2D eigenvalue weighted by Crippen LogP contribution is 2.37. The number of carbonyl (C=O) groups excluding carboxylic acids is 5. The molecule has 2 unspecified atom stereocenters. The van der Waals surface area contributed by atoms with Gasteiger partial charge in [-0.1, -0.05) is 67.5 Å². The molecule has 3 aliphatic rings. The topological polar surface area (TPSA) is 230 Å². The number of benzene rings is 3. The predicted molar refractivity (Wildman–Crippen MR) is 313 cm³/mol. The quantitative estimate of drug-likeness (QED) is 0.0471. The number of nitrogens with zero attached hydrogens (tertiary/aromatic N) is 7. The number of amides is 5. The van der Waals surface area contributed by atoms with Crippen molar-refractivity contribution in [2.75, 3.05) is 82.7 Å². The van der Waals surface area contributed by atoms with Crippen molar-refractivity contribution >= 4 is 52.2 Å². The molecule has 0 saturated carbocycles. The summed E-state index contributed by atoms with van der Waals surface area (Å²) in [6.07, 6.45) is -3.73. The van der Waals surface area contributed by atoms with E-state index in [1.54, 1.807) is 24.6 Å². The summed E-state index contributed by atoms with van der Waals surface area (Å²) in [6, 6.07) is 21.4. The van der Waals surface area contributed by atoms with Crippen LogP contribution in [0.15, 0.2) is 99.9 Å². The number of piperazine rings is 2. The van der Waals surface area contributed by atoms with Gasteiger partial charge in [0, 0.05) is 103 Å². The van der Waals surface area contributed by atoms with Crippen LogP contribution in [0.4, 0.5) is 24.5 Å². The molecule has 3 aliphatic heterocycles. The molecule has 5 amide bonds. The van der Waals surface area contributed by atoms with Gasteiger partial charge in [-0.25, -0.2) is 4.98 Å². The Hall–Kier alpha value is -7.73. The van der Waals surface area contributed by atoms with Crippen molar-refractivity contribution < 1.29 is 46.8 Å². The Morgan fingerprint density at radius 1 is 0.881 bits per heavy atom. The SMILES string of the molecule is Cc1cc(C(C(=O)N2C[C@H](O)C[C@H]2C(=O)NC(CC(=O)NCCCCC(=O)N2CCN(Cc3cccc(-c4ccc(N5CCN(C)CC5)c(NC(=O)c5c[nH]c(=O)cc5C(F)(F)F)c4)c3)CC2)c2ccc(-c3scnc3C)cc2)C(C)C)on1. The van der Waals surface area contributed by atoms with Gasteiger partial charge in [-0.3, -0.25) is 33.7 Å². The van der Waals surface area contributed by atoms with Crippen LogP contribution in [0.5, 0.6) is 0 Å². The van der Waals surface area contributed by atoms with Crippen LogP contribution in [0, 0.1) is 19.8 Å². The van der Waals surface area contributed by atoms with Gasteiger partial charge < -0.3 is 50.2 Å². The highest BCUT2D eigenvalue weighted by molar-refractivity contribution is 7.13. The number of likely N-dealkylation sites (tertiary alicyclic amines) is 1. The maximum absolute atomic E-state index is 14.2. The van der Waals surface area contributed by atoms with E-state index in [-0.39, 0.29) is 43.0 Å². The van der Waals surface area contributed by atoms with E-state index >= 15 is 0 Å². The fourth-order valence-electron chi connectivity index (χ4n) is 11.2. The monoisotopic (exact) mass is 1180 g/mol. The first-order chi connectivity index (χ1) is 40.2. The number of alkyl halides is 3. The molecule has 23 heteroatoms. The van der Waals surface area contributed by atoms with Gasteiger partial charge in [0.2, 0.25) is 29.2 Å². The number of hydrogen-bond donors (Lipinski definition) is 5. The Morgan fingerprint density at radius 2 is 1.61 bits per heavy atom. The molecule has 6 aromatic rings. The number of aliphatic hydroxyl groups excluding tert-OH is 1. The van der Waals surface area contributed by atoms with E-state index in [1.165, 1.54) is 16.2 Å². The molecule has 3 aromatic carbocycles. The van der Waals surface area contributed by atoms with E-state index < -0.39 is 58.8 Å². The van der Waals surface area contributed by atoms with Crippen LogP contribution in [-0.2, 0) is 31.9 Å². The van der Waals surface area contributed by atoms with E-state index in [1.807, 2.05) is 93.4 Å². The number of aromatic amines is 1. The van der Waals surface area contributed by atoms with Crippen LogP contribution >= 0.6 is 11.3 Å². The number of halogens is 3. The Labute approximate surface area is 489 Å². The minimum absolute atomic E-state index is 0.0275. The molecular formula is C61H72F3N11O8S. The molecule has 3 fully saturated rings. The van der Waals surface area contributed by atoms with Crippen LogP contribution < -0.4 is 26.4 Å². The van der Waals surface area contributed by atoms with E-state index in [0.29, 0.717) is 106 Å². The molecule has 0 aliphatic carbocycles. The second-order valence-corrected chi connectivity index (χ2v) is 23.3. The number of carbonyl (C=O) groups is 5. The molecule has 0 radical (unpaired) electrons. The summed E-state index contributed by atoms with van der Waals surface area (Å²) >= 11 is 1.51. The summed E-state index contributed by atoms with van der Waals surface area (Å²) in [5, 5.41) is 23.5. The second kappa shape index (κ2) is 26.9. The molecule has 0 bridgehead atoms. The first-order valence-corrected chi connectivity index (χ1v) is 29.3. The summed E-state index contributed by atoms with van der Waals surface area (Å²) in [7, 11) is 2.01. The fourth-order valence-corrected chi connectivity index (χ4v) is 12.1. The zero-order chi connectivity index (χ0) is 59.8. The van der Waals surface area contributed by atoms with Crippen LogP contribution in [0.1, 0.15) is 102 Å². The van der Waals surface area contributed by atoms with Crippen molar-refractivity contribution in [2.45, 2.75) is 96.6 Å². The number of aryl methyl sites for hydroxylation is 2. The van der Waals surface area contributed by atoms with Crippen LogP contribution in [0.3, 0.4) is 0 Å². The third-order valence-electron chi connectivity index (χ3n) is 15.9. The first kappa shape index (κ1) is 60.8. The summed E-state index contributed by atoms with van der Waals surface area (Å²) in [4.78, 5) is 98.3. The molecule has 9 rings (SSSR count). The number of rotatable bonds is 20. The lowest BCUT2D eigenvalue weighted by Crippen LogP contribution is -2.49. The van der Waals surface area contributed by atoms with Gasteiger partial charge >= 0.3 is 6.18 Å². The number of β-amino-alcohol motifs (C(OH)–C–C–N with tert-alkyl or cyclic N) is 1. The number of anilines is 2. The highest BCUT2D eigenvalue weighted by Gasteiger charge is 2.44. The van der Waals surface area contributed by atoms with Gasteiger partial charge in [0.25, 0.3) is 5.91 Å². The molecule has 19 nitrogen and oxygen atoms in total. The van der Waals surface area contributed by atoms with E-state index in [0.717, 1.165) is 52.1 Å². The van der Waals surface area contributed by atoms with Crippen LogP contribution in [0.2, 0.25) is 0 Å². The van der Waals surface area contributed by atoms with Crippen molar-refractivity contribution in [1.82, 2.24) is 45.4 Å². The van der Waals surface area contributed by atoms with E-state index in [4.69, 9.17) is 4.52 Å². The smallest absolute Gasteiger partial charge is 0.391 e. The van der Waals surface area contributed by atoms with E-state index in [2.05, 4.69) is 45.8 Å². The molecule has 6 heterocycles. The maximum atomic E-state index is 14.2. The minimum Gasteiger partial charge on any atom is -0.391 e. The second-order valence-electron chi connectivity index (χ2n) is 22.4. The average molecular weight is 1180 g/mol. The molecule has 84 heavy (non-hydrogen) atoms. The average Bonchev–Trinajstić information content (AvgIpc) is 3.58. The normalized spacial score (nSPS) is 17.8. The largest absolute Gasteiger partial charge is 0.417 e. The number of thiazole rings is 1. The zero-order valence-corrected chi connectivity index (χ0v) is 48.7. The van der Waals surface area contributed by atoms with Gasteiger partial charge in [-0.15, -0.1) is 11.3 Å². The van der Waals surface area contributed by atoms with Crippen molar-refractivity contribution in [3.8, 4) is 21.6 Å². The van der Waals surface area contributed by atoms with Crippen LogP contribution in [0.25, 0.3) is 21.6 Å². The van der Waals surface area contributed by atoms with Crippen molar-refractivity contribution in [1.29, 1.82) is 0 Å². The number of nitrogens with one attached hydrogen (secondary N) is 4. The molecule has 3 aromatic heterocycles. The third-order valence-corrected chi connectivity index (χ3v) is 16.8. The Morgan fingerprint density at radius 3 is 2.29 bits per heavy atom. The summed E-state index contributed by atoms with van der Waals surface area (Å²) in [6.45, 7) is 13.5. The van der Waals surface area contributed by atoms with Gasteiger partial charge in [0.05, 0.1) is 62.8 Å². The van der Waals surface area contributed by atoms with Crippen molar-refractivity contribution in [3.05, 3.63) is 140 Å². The number of hydrogen-bond acceptors (Lipinski definition) is 14. The lowest BCUT2D eigenvalue weighted by atomic mass is 9.91. The molecule has 5 N–H and O–H groups in total. The van der Waals surface area contributed by atoms with Crippen molar-refractivity contribution in [3.63, 3.8) is 0 Å². The standard InChI is InChI=1S/C61H72F3N11O8S/c1-37(2)56(52-27-38(3)70-83-52)60(82)75-35-45(76)30-51(75)59(81)68-48(41-12-14-42(15-13-41)57-39(4)67-36-84-57)32-54(78)65-18-7-6-11-55(79)74-25-21-72(22-26-74)34-40-9-8-10-43(28-40)44-16-17-50(73-23-19-71(5)20-24-73)49(29-44)69-58(80)46-33-66-53(77)31-47(46)61(62,63)64/h8-10,12-17,27-29,31,33,36-37,45,48,51,56,76H,6-7,11,18-26,30,32,34-35H2,1-5H3,(H,65,78)(H,66,77)(H,68,81)(H,69,80)/t45-,48?,51+,56?/m1/s1. The molecular weight excluding hydrogens is 1100 g/mol. The summed E-state index contributed by atoms with van der Waals surface area (Å²) < 4.78 is 47.5. The third kappa shape index (κ3) is 15.0. The Kier molecular flexibility index (Phi) is 19.5. The molecule has 4 atom stereocenters.